The molecule has 0 spiro atoms. The summed E-state index contributed by atoms with van der Waals surface area (Å²) >= 11 is 5.52. The lowest BCUT2D eigenvalue weighted by Crippen LogP contribution is -2.20. The number of halogens is 3. The smallest absolute Gasteiger partial charge is 0.310 e. The van der Waals surface area contributed by atoms with E-state index in [2.05, 4.69) is 9.72 Å². The second-order valence-corrected chi connectivity index (χ2v) is 3.32. The molecule has 0 saturated carbocycles. The second-order valence-electron chi connectivity index (χ2n) is 2.91. The summed E-state index contributed by atoms with van der Waals surface area (Å²) in [6, 6.07) is 0. The number of H-pyrrole nitrogens is 1. The molecule has 88 valence electrons. The number of hydrogen-bond donors (Lipinski definition) is 1. The molecule has 0 amide bonds. The molecule has 0 aliphatic carbocycles. The number of ether oxygens (including phenoxy) is 1. The van der Waals surface area contributed by atoms with E-state index in [1.54, 1.807) is 0 Å². The number of hydrogen-bond acceptors (Lipinski definition) is 3. The maximum absolute atomic E-state index is 12.6. The van der Waals surface area contributed by atoms with Crippen LogP contribution in [0.15, 0.2) is 11.0 Å². The summed E-state index contributed by atoms with van der Waals surface area (Å²) in [5, 5.41) is -0.284. The van der Waals surface area contributed by atoms with E-state index < -0.39 is 29.9 Å². The highest BCUT2D eigenvalue weighted by Gasteiger charge is 2.22. The van der Waals surface area contributed by atoms with E-state index in [4.69, 9.17) is 11.6 Å². The zero-order valence-corrected chi connectivity index (χ0v) is 8.98. The number of pyridine rings is 1. The highest BCUT2D eigenvalue weighted by Crippen LogP contribution is 2.28. The van der Waals surface area contributed by atoms with Crippen molar-refractivity contribution < 1.29 is 18.3 Å². The van der Waals surface area contributed by atoms with Crippen molar-refractivity contribution in [1.29, 1.82) is 0 Å². The number of alkyl halides is 2. The number of carbonyl (C=O) groups is 1. The SMILES string of the molecule is COC(=O)Cc1c(C(F)F)c(Cl)c[nH]c1=O. The Morgan fingerprint density at radius 1 is 1.62 bits per heavy atom. The summed E-state index contributed by atoms with van der Waals surface area (Å²) in [5.41, 5.74) is -1.77. The van der Waals surface area contributed by atoms with E-state index in [-0.39, 0.29) is 10.6 Å². The molecule has 1 N–H and O–H groups in total. The fourth-order valence-corrected chi connectivity index (χ4v) is 1.44. The summed E-state index contributed by atoms with van der Waals surface area (Å²) in [4.78, 5) is 24.4. The average molecular weight is 252 g/mol. The standard InChI is InChI=1S/C9H8ClF2NO3/c1-16-6(14)2-4-7(8(11)12)5(10)3-13-9(4)15/h3,8H,2H2,1H3,(H,13,15). The highest BCUT2D eigenvalue weighted by atomic mass is 35.5. The summed E-state index contributed by atoms with van der Waals surface area (Å²) in [5.74, 6) is -0.783. The van der Waals surface area contributed by atoms with Crippen LogP contribution in [0.1, 0.15) is 17.6 Å². The van der Waals surface area contributed by atoms with Gasteiger partial charge in [-0.1, -0.05) is 11.6 Å². The lowest BCUT2D eigenvalue weighted by Gasteiger charge is -2.08. The van der Waals surface area contributed by atoms with Gasteiger partial charge in [0.05, 0.1) is 18.6 Å². The van der Waals surface area contributed by atoms with Gasteiger partial charge < -0.3 is 9.72 Å². The van der Waals surface area contributed by atoms with Gasteiger partial charge in [0.25, 0.3) is 12.0 Å². The first kappa shape index (κ1) is 12.6. The van der Waals surface area contributed by atoms with Crippen LogP contribution in [-0.2, 0) is 16.0 Å². The van der Waals surface area contributed by atoms with Crippen LogP contribution in [-0.4, -0.2) is 18.1 Å². The molecule has 1 aromatic rings. The molecular formula is C9H8ClF2NO3. The average Bonchev–Trinajstić information content (AvgIpc) is 2.22. The second kappa shape index (κ2) is 5.07. The van der Waals surface area contributed by atoms with E-state index in [0.717, 1.165) is 13.3 Å². The van der Waals surface area contributed by atoms with Crippen molar-refractivity contribution in [3.8, 4) is 0 Å². The molecule has 0 unspecified atom stereocenters. The van der Waals surface area contributed by atoms with Crippen LogP contribution >= 0.6 is 11.6 Å². The number of carbonyl (C=O) groups excluding carboxylic acids is 1. The van der Waals surface area contributed by atoms with Gasteiger partial charge in [0.2, 0.25) is 0 Å². The number of nitrogens with one attached hydrogen (secondary N) is 1. The van der Waals surface area contributed by atoms with Gasteiger partial charge >= 0.3 is 5.97 Å². The molecule has 0 radical (unpaired) electrons. The van der Waals surface area contributed by atoms with Crippen LogP contribution in [0.4, 0.5) is 8.78 Å². The third kappa shape index (κ3) is 2.57. The number of esters is 1. The number of aromatic nitrogens is 1. The Morgan fingerprint density at radius 3 is 2.75 bits per heavy atom. The minimum atomic E-state index is -2.92. The Kier molecular flexibility index (Phi) is 4.00. The molecule has 1 rings (SSSR count). The third-order valence-corrected chi connectivity index (χ3v) is 2.27. The topological polar surface area (TPSA) is 59.2 Å². The first-order chi connectivity index (χ1) is 7.47. The molecule has 0 bridgehead atoms. The zero-order chi connectivity index (χ0) is 12.3. The maximum Gasteiger partial charge on any atom is 0.310 e. The fourth-order valence-electron chi connectivity index (χ4n) is 1.19. The maximum atomic E-state index is 12.6. The largest absolute Gasteiger partial charge is 0.469 e. The zero-order valence-electron chi connectivity index (χ0n) is 8.22. The Hall–Kier alpha value is -1.43. The van der Waals surface area contributed by atoms with Crippen LogP contribution in [0.3, 0.4) is 0 Å². The van der Waals surface area contributed by atoms with Crippen LogP contribution < -0.4 is 5.56 Å². The van der Waals surface area contributed by atoms with Crippen molar-refractivity contribution in [3.63, 3.8) is 0 Å². The monoisotopic (exact) mass is 251 g/mol. The van der Waals surface area contributed by atoms with Gasteiger partial charge in [-0.25, -0.2) is 8.78 Å². The summed E-state index contributed by atoms with van der Waals surface area (Å²) in [7, 11) is 1.10. The molecule has 0 aromatic carbocycles. The summed E-state index contributed by atoms with van der Waals surface area (Å²) < 4.78 is 29.6. The molecular weight excluding hydrogens is 244 g/mol. The van der Waals surface area contributed by atoms with Gasteiger partial charge in [-0.3, -0.25) is 9.59 Å². The van der Waals surface area contributed by atoms with Crippen LogP contribution in [0.25, 0.3) is 0 Å². The molecule has 0 saturated heterocycles. The fraction of sp³-hybridized carbons (Fsp3) is 0.333. The molecule has 1 aromatic heterocycles. The molecule has 16 heavy (non-hydrogen) atoms. The van der Waals surface area contributed by atoms with Crippen molar-refractivity contribution >= 4 is 17.6 Å². The number of methoxy groups -OCH3 is 1. The Labute approximate surface area is 94.2 Å². The minimum absolute atomic E-state index is 0.284. The Balaban J connectivity index is 3.29. The molecule has 0 aliphatic heterocycles. The Morgan fingerprint density at radius 2 is 2.25 bits per heavy atom. The van der Waals surface area contributed by atoms with Crippen molar-refractivity contribution in [1.82, 2.24) is 4.98 Å². The predicted octanol–water partition coefficient (Wildman–Crippen LogP) is 1.68. The van der Waals surface area contributed by atoms with Crippen molar-refractivity contribution in [2.24, 2.45) is 0 Å². The first-order valence-electron chi connectivity index (χ1n) is 4.22. The van der Waals surface area contributed by atoms with Gasteiger partial charge in [-0.15, -0.1) is 0 Å². The van der Waals surface area contributed by atoms with E-state index >= 15 is 0 Å². The minimum Gasteiger partial charge on any atom is -0.469 e. The number of aromatic amines is 1. The molecule has 0 aliphatic rings. The van der Waals surface area contributed by atoms with Gasteiger partial charge in [0.15, 0.2) is 0 Å². The molecule has 0 fully saturated rings. The Bertz CT molecular complexity index is 459. The van der Waals surface area contributed by atoms with E-state index in [0.29, 0.717) is 0 Å². The quantitative estimate of drug-likeness (QED) is 0.832. The van der Waals surface area contributed by atoms with E-state index in [1.807, 2.05) is 0 Å². The first-order valence-corrected chi connectivity index (χ1v) is 4.60. The summed E-state index contributed by atoms with van der Waals surface area (Å²) in [6.45, 7) is 0. The van der Waals surface area contributed by atoms with Gasteiger partial charge in [0, 0.05) is 17.3 Å². The summed E-state index contributed by atoms with van der Waals surface area (Å²) in [6.07, 6.45) is -2.49. The van der Waals surface area contributed by atoms with Crippen molar-refractivity contribution in [2.45, 2.75) is 12.8 Å². The number of rotatable bonds is 3. The predicted molar refractivity (Wildman–Crippen MR) is 52.7 cm³/mol. The molecule has 7 heteroatoms. The normalized spacial score (nSPS) is 10.6. The highest BCUT2D eigenvalue weighted by molar-refractivity contribution is 6.31. The third-order valence-electron chi connectivity index (χ3n) is 1.95. The van der Waals surface area contributed by atoms with Gasteiger partial charge in [0.1, 0.15) is 0 Å². The molecule has 1 heterocycles. The van der Waals surface area contributed by atoms with Crippen LogP contribution in [0, 0.1) is 0 Å². The van der Waals surface area contributed by atoms with Crippen molar-refractivity contribution in [3.05, 3.63) is 32.7 Å². The van der Waals surface area contributed by atoms with Gasteiger partial charge in [-0.05, 0) is 0 Å². The van der Waals surface area contributed by atoms with Gasteiger partial charge in [-0.2, -0.15) is 0 Å². The van der Waals surface area contributed by atoms with E-state index in [1.165, 1.54) is 0 Å². The lowest BCUT2D eigenvalue weighted by molar-refractivity contribution is -0.139. The molecule has 0 atom stereocenters. The van der Waals surface area contributed by atoms with E-state index in [9.17, 15) is 18.4 Å². The van der Waals surface area contributed by atoms with Crippen LogP contribution in [0.5, 0.6) is 0 Å². The van der Waals surface area contributed by atoms with Crippen molar-refractivity contribution in [2.75, 3.05) is 7.11 Å². The van der Waals surface area contributed by atoms with Crippen LogP contribution in [0.2, 0.25) is 5.02 Å². The molecule has 4 nitrogen and oxygen atoms in total. The lowest BCUT2D eigenvalue weighted by atomic mass is 10.1.